The standard InChI is InChI=1S/C10H20N2O/c13-8-10(5-1-2-7-12-10)9-4-3-6-11-9/h9,11-13H,1-8H2. The van der Waals surface area contributed by atoms with Crippen LogP contribution in [0.4, 0.5) is 0 Å². The fraction of sp³-hybridized carbons (Fsp3) is 1.00. The second kappa shape index (κ2) is 3.95. The molecule has 0 aromatic heterocycles. The minimum Gasteiger partial charge on any atom is -0.394 e. The van der Waals surface area contributed by atoms with Gasteiger partial charge >= 0.3 is 0 Å². The highest BCUT2D eigenvalue weighted by Crippen LogP contribution is 2.27. The van der Waals surface area contributed by atoms with Crippen LogP contribution in [-0.4, -0.2) is 36.4 Å². The number of aliphatic hydroxyl groups excluding tert-OH is 1. The third-order valence-corrected chi connectivity index (χ3v) is 3.54. The zero-order valence-corrected chi connectivity index (χ0v) is 8.18. The van der Waals surface area contributed by atoms with Gasteiger partial charge in [-0.3, -0.25) is 0 Å². The molecule has 2 saturated heterocycles. The van der Waals surface area contributed by atoms with Gasteiger partial charge in [0, 0.05) is 6.04 Å². The summed E-state index contributed by atoms with van der Waals surface area (Å²) in [4.78, 5) is 0. The lowest BCUT2D eigenvalue weighted by Gasteiger charge is -2.41. The van der Waals surface area contributed by atoms with Crippen molar-refractivity contribution in [3.05, 3.63) is 0 Å². The van der Waals surface area contributed by atoms with Gasteiger partial charge in [0.15, 0.2) is 0 Å². The first-order chi connectivity index (χ1) is 6.37. The Balaban J connectivity index is 2.03. The molecule has 0 bridgehead atoms. The van der Waals surface area contributed by atoms with E-state index in [1.807, 2.05) is 0 Å². The second-order valence-electron chi connectivity index (χ2n) is 4.35. The number of hydrogen-bond acceptors (Lipinski definition) is 3. The summed E-state index contributed by atoms with van der Waals surface area (Å²) in [5, 5.41) is 16.5. The molecule has 0 saturated carbocycles. The van der Waals surface area contributed by atoms with Crippen LogP contribution in [0.1, 0.15) is 32.1 Å². The van der Waals surface area contributed by atoms with Gasteiger partial charge in [0.05, 0.1) is 12.1 Å². The molecular weight excluding hydrogens is 164 g/mol. The maximum atomic E-state index is 9.50. The molecule has 0 amide bonds. The summed E-state index contributed by atoms with van der Waals surface area (Å²) in [5.74, 6) is 0. The topological polar surface area (TPSA) is 44.3 Å². The van der Waals surface area contributed by atoms with E-state index in [-0.39, 0.29) is 12.1 Å². The smallest absolute Gasteiger partial charge is 0.0628 e. The quantitative estimate of drug-likeness (QED) is 0.576. The third-order valence-electron chi connectivity index (χ3n) is 3.54. The Bertz CT molecular complexity index is 160. The van der Waals surface area contributed by atoms with Gasteiger partial charge in [-0.05, 0) is 38.8 Å². The van der Waals surface area contributed by atoms with Gasteiger partial charge in [0.1, 0.15) is 0 Å². The van der Waals surface area contributed by atoms with E-state index in [0.29, 0.717) is 6.04 Å². The summed E-state index contributed by atoms with van der Waals surface area (Å²) in [5.41, 5.74) is -0.00521. The van der Waals surface area contributed by atoms with Crippen molar-refractivity contribution in [2.45, 2.75) is 43.7 Å². The van der Waals surface area contributed by atoms with Crippen molar-refractivity contribution in [1.29, 1.82) is 0 Å². The molecule has 0 radical (unpaired) electrons. The highest BCUT2D eigenvalue weighted by Gasteiger charge is 2.40. The van der Waals surface area contributed by atoms with E-state index in [0.717, 1.165) is 19.5 Å². The largest absolute Gasteiger partial charge is 0.394 e. The van der Waals surface area contributed by atoms with Crippen LogP contribution in [0.25, 0.3) is 0 Å². The highest BCUT2D eigenvalue weighted by atomic mass is 16.3. The predicted octanol–water partition coefficient (Wildman–Crippen LogP) is 0.243. The van der Waals surface area contributed by atoms with Crippen molar-refractivity contribution in [2.75, 3.05) is 19.7 Å². The first kappa shape index (κ1) is 9.44. The zero-order valence-electron chi connectivity index (χ0n) is 8.18. The summed E-state index contributed by atoms with van der Waals surface area (Å²) in [6.45, 7) is 2.47. The van der Waals surface area contributed by atoms with Gasteiger partial charge < -0.3 is 15.7 Å². The van der Waals surface area contributed by atoms with Gasteiger partial charge in [0.25, 0.3) is 0 Å². The van der Waals surface area contributed by atoms with Crippen LogP contribution in [0.15, 0.2) is 0 Å². The van der Waals surface area contributed by atoms with Crippen LogP contribution in [0.5, 0.6) is 0 Å². The Morgan fingerprint density at radius 2 is 2.15 bits per heavy atom. The molecule has 2 aliphatic heterocycles. The summed E-state index contributed by atoms with van der Waals surface area (Å²) < 4.78 is 0. The Labute approximate surface area is 79.9 Å². The molecule has 13 heavy (non-hydrogen) atoms. The van der Waals surface area contributed by atoms with E-state index < -0.39 is 0 Å². The van der Waals surface area contributed by atoms with Crippen molar-refractivity contribution in [3.63, 3.8) is 0 Å². The maximum absolute atomic E-state index is 9.50. The molecular formula is C10H20N2O. The molecule has 76 valence electrons. The van der Waals surface area contributed by atoms with Crippen molar-refractivity contribution in [2.24, 2.45) is 0 Å². The predicted molar refractivity (Wildman–Crippen MR) is 52.7 cm³/mol. The second-order valence-corrected chi connectivity index (χ2v) is 4.35. The molecule has 0 aromatic rings. The lowest BCUT2D eigenvalue weighted by atomic mass is 9.82. The van der Waals surface area contributed by atoms with Crippen molar-refractivity contribution >= 4 is 0 Å². The SMILES string of the molecule is OCC1(C2CCCN2)CCCCN1. The van der Waals surface area contributed by atoms with E-state index >= 15 is 0 Å². The van der Waals surface area contributed by atoms with Gasteiger partial charge in [-0.2, -0.15) is 0 Å². The van der Waals surface area contributed by atoms with E-state index in [1.165, 1.54) is 25.7 Å². The highest BCUT2D eigenvalue weighted by molar-refractivity contribution is 5.02. The molecule has 2 aliphatic rings. The first-order valence-corrected chi connectivity index (χ1v) is 5.47. The van der Waals surface area contributed by atoms with Crippen LogP contribution in [0.3, 0.4) is 0 Å². The van der Waals surface area contributed by atoms with Crippen LogP contribution in [0.2, 0.25) is 0 Å². The van der Waals surface area contributed by atoms with Crippen LogP contribution in [-0.2, 0) is 0 Å². The molecule has 2 unspecified atom stereocenters. The van der Waals surface area contributed by atoms with E-state index in [1.54, 1.807) is 0 Å². The summed E-state index contributed by atoms with van der Waals surface area (Å²) in [6, 6.07) is 0.498. The van der Waals surface area contributed by atoms with Gasteiger partial charge in [0.2, 0.25) is 0 Å². The molecule has 0 spiro atoms. The molecule has 3 heteroatoms. The fourth-order valence-corrected chi connectivity index (χ4v) is 2.69. The van der Waals surface area contributed by atoms with E-state index in [4.69, 9.17) is 0 Å². The molecule has 2 heterocycles. The third kappa shape index (κ3) is 1.73. The summed E-state index contributed by atoms with van der Waals surface area (Å²) >= 11 is 0. The Hall–Kier alpha value is -0.120. The van der Waals surface area contributed by atoms with Gasteiger partial charge in [-0.25, -0.2) is 0 Å². The summed E-state index contributed by atoms with van der Waals surface area (Å²) in [6.07, 6.45) is 6.11. The van der Waals surface area contributed by atoms with Gasteiger partial charge in [-0.15, -0.1) is 0 Å². The monoisotopic (exact) mass is 184 g/mol. The number of piperidine rings is 1. The van der Waals surface area contributed by atoms with E-state index in [9.17, 15) is 5.11 Å². The minimum atomic E-state index is -0.00521. The molecule has 2 atom stereocenters. The molecule has 3 N–H and O–H groups in total. The molecule has 3 nitrogen and oxygen atoms in total. The number of hydrogen-bond donors (Lipinski definition) is 3. The maximum Gasteiger partial charge on any atom is 0.0628 e. The van der Waals surface area contributed by atoms with Crippen molar-refractivity contribution in [3.8, 4) is 0 Å². The Morgan fingerprint density at radius 3 is 2.69 bits per heavy atom. The van der Waals surface area contributed by atoms with Crippen LogP contribution in [0, 0.1) is 0 Å². The fourth-order valence-electron chi connectivity index (χ4n) is 2.69. The molecule has 2 rings (SSSR count). The zero-order chi connectivity index (χ0) is 9.15. The average Bonchev–Trinajstić information content (AvgIpc) is 2.72. The molecule has 0 aromatic carbocycles. The average molecular weight is 184 g/mol. The lowest BCUT2D eigenvalue weighted by Crippen LogP contribution is -2.62. The normalized spacial score (nSPS) is 40.8. The summed E-state index contributed by atoms with van der Waals surface area (Å²) in [7, 11) is 0. The molecule has 0 aliphatic carbocycles. The number of rotatable bonds is 2. The molecule has 2 fully saturated rings. The number of aliphatic hydroxyl groups is 1. The van der Waals surface area contributed by atoms with Gasteiger partial charge in [-0.1, -0.05) is 6.42 Å². The van der Waals surface area contributed by atoms with Crippen LogP contribution >= 0.6 is 0 Å². The number of nitrogens with one attached hydrogen (secondary N) is 2. The van der Waals surface area contributed by atoms with Crippen LogP contribution < -0.4 is 10.6 Å². The minimum absolute atomic E-state index is 0.00521. The van der Waals surface area contributed by atoms with Crippen molar-refractivity contribution < 1.29 is 5.11 Å². The first-order valence-electron chi connectivity index (χ1n) is 5.47. The Morgan fingerprint density at radius 1 is 1.23 bits per heavy atom. The van der Waals surface area contributed by atoms with Crippen molar-refractivity contribution in [1.82, 2.24) is 10.6 Å². The lowest BCUT2D eigenvalue weighted by molar-refractivity contribution is 0.100. The van der Waals surface area contributed by atoms with E-state index in [2.05, 4.69) is 10.6 Å². The Kier molecular flexibility index (Phi) is 2.86.